The monoisotopic (exact) mass is 353 g/mol. The summed E-state index contributed by atoms with van der Waals surface area (Å²) in [5, 5.41) is 12.8. The molecule has 1 aliphatic carbocycles. The molecule has 1 atom stereocenters. The summed E-state index contributed by atoms with van der Waals surface area (Å²) >= 11 is 0. The van der Waals surface area contributed by atoms with Gasteiger partial charge in [-0.25, -0.2) is 4.79 Å². The number of fused-ring (bicyclic) bond motifs is 1. The van der Waals surface area contributed by atoms with Crippen LogP contribution in [-0.2, 0) is 18.9 Å². The number of carbonyl (C=O) groups excluding carboxylic acids is 1. The molecule has 7 nitrogen and oxygen atoms in total. The van der Waals surface area contributed by atoms with Crippen LogP contribution >= 0.6 is 0 Å². The molecule has 2 aromatic rings. The normalized spacial score (nSPS) is 19.0. The van der Waals surface area contributed by atoms with E-state index in [-0.39, 0.29) is 11.5 Å². The summed E-state index contributed by atoms with van der Waals surface area (Å²) in [7, 11) is 3.04. The lowest BCUT2D eigenvalue weighted by Crippen LogP contribution is -2.44. The van der Waals surface area contributed by atoms with Crippen molar-refractivity contribution in [2.24, 2.45) is 14.1 Å². The van der Waals surface area contributed by atoms with Crippen LogP contribution in [0, 0.1) is 0 Å². The Labute approximate surface area is 149 Å². The van der Waals surface area contributed by atoms with Gasteiger partial charge >= 0.3 is 5.69 Å². The highest BCUT2D eigenvalue weighted by atomic mass is 16.3. The van der Waals surface area contributed by atoms with Crippen molar-refractivity contribution in [3.8, 4) is 5.75 Å². The van der Waals surface area contributed by atoms with Gasteiger partial charge in [-0.1, -0.05) is 12.1 Å². The highest BCUT2D eigenvalue weighted by Crippen LogP contribution is 2.43. The van der Waals surface area contributed by atoms with Gasteiger partial charge < -0.3 is 10.4 Å². The zero-order valence-corrected chi connectivity index (χ0v) is 14.6. The minimum Gasteiger partial charge on any atom is -0.508 e. The van der Waals surface area contributed by atoms with Gasteiger partial charge in [0.1, 0.15) is 11.6 Å². The summed E-state index contributed by atoms with van der Waals surface area (Å²) in [5.74, 6) is 0.00334. The lowest BCUT2D eigenvalue weighted by molar-refractivity contribution is -0.116. The topological polar surface area (TPSA) is 93.3 Å². The average Bonchev–Trinajstić information content (AvgIpc) is 2.64. The van der Waals surface area contributed by atoms with Crippen LogP contribution in [0.1, 0.15) is 36.3 Å². The Morgan fingerprint density at radius 3 is 2.42 bits per heavy atom. The number of hydrogen-bond acceptors (Lipinski definition) is 5. The third-order valence-corrected chi connectivity index (χ3v) is 5.23. The predicted molar refractivity (Wildman–Crippen MR) is 96.4 cm³/mol. The fourth-order valence-electron chi connectivity index (χ4n) is 3.90. The Morgan fingerprint density at radius 1 is 1.04 bits per heavy atom. The van der Waals surface area contributed by atoms with Gasteiger partial charge in [0.15, 0.2) is 5.78 Å². The van der Waals surface area contributed by atoms with Gasteiger partial charge in [0.25, 0.3) is 5.56 Å². The molecule has 0 saturated carbocycles. The Bertz CT molecular complexity index is 1070. The number of anilines is 1. The SMILES string of the molecule is Cn1c2c(c(=O)n(C)c1=O)C(c1ccc(O)cc1)C1=C(CCCC1=O)N2. The van der Waals surface area contributed by atoms with E-state index in [0.717, 1.165) is 22.2 Å². The van der Waals surface area contributed by atoms with Crippen LogP contribution in [0.4, 0.5) is 5.82 Å². The average molecular weight is 353 g/mol. The summed E-state index contributed by atoms with van der Waals surface area (Å²) in [4.78, 5) is 38.0. The molecule has 0 bridgehead atoms. The summed E-state index contributed by atoms with van der Waals surface area (Å²) < 4.78 is 2.47. The van der Waals surface area contributed by atoms with E-state index in [2.05, 4.69) is 5.32 Å². The summed E-state index contributed by atoms with van der Waals surface area (Å²) in [6, 6.07) is 6.51. The molecule has 1 aliphatic heterocycles. The minimum absolute atomic E-state index is 0.0124. The number of carbonyl (C=O) groups is 1. The van der Waals surface area contributed by atoms with E-state index >= 15 is 0 Å². The highest BCUT2D eigenvalue weighted by Gasteiger charge is 2.38. The quantitative estimate of drug-likeness (QED) is 0.807. The van der Waals surface area contributed by atoms with Crippen molar-refractivity contribution >= 4 is 11.6 Å². The van der Waals surface area contributed by atoms with Gasteiger partial charge in [-0.15, -0.1) is 0 Å². The molecule has 26 heavy (non-hydrogen) atoms. The number of nitrogens with one attached hydrogen (secondary N) is 1. The molecule has 1 aromatic carbocycles. The van der Waals surface area contributed by atoms with E-state index in [1.165, 1.54) is 23.7 Å². The Hall–Kier alpha value is -3.09. The zero-order chi connectivity index (χ0) is 18.6. The van der Waals surface area contributed by atoms with Crippen LogP contribution in [0.25, 0.3) is 0 Å². The maximum Gasteiger partial charge on any atom is 0.332 e. The first kappa shape index (κ1) is 16.4. The van der Waals surface area contributed by atoms with E-state index < -0.39 is 17.2 Å². The number of rotatable bonds is 1. The number of aromatic nitrogens is 2. The lowest BCUT2D eigenvalue weighted by Gasteiger charge is -2.34. The molecule has 0 radical (unpaired) electrons. The van der Waals surface area contributed by atoms with E-state index in [4.69, 9.17) is 0 Å². The van der Waals surface area contributed by atoms with Gasteiger partial charge in [-0.3, -0.25) is 18.7 Å². The Balaban J connectivity index is 2.08. The second kappa shape index (κ2) is 5.72. The van der Waals surface area contributed by atoms with Crippen molar-refractivity contribution in [1.82, 2.24) is 9.13 Å². The molecule has 0 spiro atoms. The molecular formula is C19H19N3O4. The first-order valence-corrected chi connectivity index (χ1v) is 8.52. The summed E-state index contributed by atoms with van der Waals surface area (Å²) in [6.45, 7) is 0. The summed E-state index contributed by atoms with van der Waals surface area (Å²) in [6.07, 6.45) is 1.87. The van der Waals surface area contributed by atoms with Crippen molar-refractivity contribution in [2.45, 2.75) is 25.2 Å². The van der Waals surface area contributed by atoms with Crippen LogP contribution in [0.2, 0.25) is 0 Å². The third kappa shape index (κ3) is 2.23. The Morgan fingerprint density at radius 2 is 1.73 bits per heavy atom. The number of phenols is 1. The number of benzene rings is 1. The number of allylic oxidation sites excluding steroid dienone is 2. The molecule has 134 valence electrons. The molecule has 2 N–H and O–H groups in total. The van der Waals surface area contributed by atoms with Crippen molar-refractivity contribution in [2.75, 3.05) is 5.32 Å². The van der Waals surface area contributed by atoms with Gasteiger partial charge in [-0.2, -0.15) is 0 Å². The number of aromatic hydroxyl groups is 1. The summed E-state index contributed by atoms with van der Waals surface area (Å²) in [5.41, 5.74) is 1.65. The van der Waals surface area contributed by atoms with Crippen LogP contribution in [-0.4, -0.2) is 20.0 Å². The van der Waals surface area contributed by atoms with Crippen molar-refractivity contribution in [3.05, 3.63) is 67.5 Å². The van der Waals surface area contributed by atoms with E-state index in [1.54, 1.807) is 19.2 Å². The molecule has 1 aromatic heterocycles. The number of phenolic OH excluding ortho intramolecular Hbond substituents is 1. The second-order valence-electron chi connectivity index (χ2n) is 6.79. The molecule has 7 heteroatoms. The number of hydrogen-bond donors (Lipinski definition) is 2. The minimum atomic E-state index is -0.555. The maximum atomic E-state index is 12.9. The molecule has 0 saturated heterocycles. The molecule has 0 amide bonds. The van der Waals surface area contributed by atoms with Crippen LogP contribution in [0.5, 0.6) is 5.75 Å². The fourth-order valence-corrected chi connectivity index (χ4v) is 3.90. The van der Waals surface area contributed by atoms with Crippen LogP contribution in [0.15, 0.2) is 45.1 Å². The van der Waals surface area contributed by atoms with Crippen LogP contribution < -0.4 is 16.6 Å². The molecule has 2 aliphatic rings. The highest BCUT2D eigenvalue weighted by molar-refractivity contribution is 6.00. The molecule has 1 unspecified atom stereocenters. The number of ketones is 1. The van der Waals surface area contributed by atoms with Gasteiger partial charge in [0, 0.05) is 37.7 Å². The number of Topliss-reactive ketones (excluding diaryl/α,β-unsaturated/α-hetero) is 1. The second-order valence-corrected chi connectivity index (χ2v) is 6.79. The van der Waals surface area contributed by atoms with E-state index in [0.29, 0.717) is 29.8 Å². The molecule has 2 heterocycles. The van der Waals surface area contributed by atoms with Gasteiger partial charge in [0.05, 0.1) is 5.56 Å². The third-order valence-electron chi connectivity index (χ3n) is 5.23. The lowest BCUT2D eigenvalue weighted by atomic mass is 9.76. The first-order valence-electron chi connectivity index (χ1n) is 8.52. The smallest absolute Gasteiger partial charge is 0.332 e. The zero-order valence-electron chi connectivity index (χ0n) is 14.6. The molecular weight excluding hydrogens is 334 g/mol. The van der Waals surface area contributed by atoms with Gasteiger partial charge in [-0.05, 0) is 30.5 Å². The molecule has 0 fully saturated rings. The predicted octanol–water partition coefficient (Wildman–Crippen LogP) is 1.35. The number of nitrogens with zero attached hydrogens (tertiary/aromatic N) is 2. The molecule has 4 rings (SSSR count). The van der Waals surface area contributed by atoms with E-state index in [9.17, 15) is 19.5 Å². The fraction of sp³-hybridized carbons (Fsp3) is 0.316. The van der Waals surface area contributed by atoms with Crippen molar-refractivity contribution < 1.29 is 9.90 Å². The maximum absolute atomic E-state index is 12.9. The standard InChI is InChI=1S/C19H19N3O4/c1-21-17-16(18(25)22(2)19(21)26)14(10-6-8-11(23)9-7-10)15-12(20-17)4-3-5-13(15)24/h6-9,14,20,23H,3-5H2,1-2H3. The van der Waals surface area contributed by atoms with Gasteiger partial charge in [0.2, 0.25) is 0 Å². The largest absolute Gasteiger partial charge is 0.508 e. The van der Waals surface area contributed by atoms with E-state index in [1.807, 2.05) is 0 Å². The van der Waals surface area contributed by atoms with Crippen molar-refractivity contribution in [3.63, 3.8) is 0 Å². The Kier molecular flexibility index (Phi) is 3.61. The van der Waals surface area contributed by atoms with Crippen molar-refractivity contribution in [1.29, 1.82) is 0 Å². The first-order chi connectivity index (χ1) is 12.4. The van der Waals surface area contributed by atoms with Crippen LogP contribution in [0.3, 0.4) is 0 Å².